The summed E-state index contributed by atoms with van der Waals surface area (Å²) in [6, 6.07) is 21.4. The molecule has 0 aliphatic heterocycles. The molecule has 4 aromatic rings. The minimum Gasteiger partial charge on any atom is -0.495 e. The van der Waals surface area contributed by atoms with Gasteiger partial charge in [-0.05, 0) is 30.3 Å². The number of amides is 1. The zero-order valence-electron chi connectivity index (χ0n) is 18.6. The Labute approximate surface area is 200 Å². The van der Waals surface area contributed by atoms with Gasteiger partial charge in [-0.15, -0.1) is 0 Å². The average Bonchev–Trinajstić information content (AvgIpc) is 3.26. The zero-order valence-corrected chi connectivity index (χ0v) is 19.4. The monoisotopic (exact) mass is 475 g/mol. The van der Waals surface area contributed by atoms with Gasteiger partial charge in [0, 0.05) is 18.2 Å². The van der Waals surface area contributed by atoms with E-state index in [2.05, 4.69) is 10.3 Å². The van der Waals surface area contributed by atoms with E-state index in [9.17, 15) is 14.0 Å². The molecule has 1 heterocycles. The van der Waals surface area contributed by atoms with Crippen LogP contribution in [0.15, 0.2) is 84.1 Å². The molecule has 6 nitrogen and oxygen atoms in total. The number of ether oxygens (including phenoxy) is 1. The Bertz CT molecular complexity index is 1340. The molecular formula is C26H22FN3O3S. The first-order valence-electron chi connectivity index (χ1n) is 10.5. The number of benzene rings is 3. The van der Waals surface area contributed by atoms with E-state index >= 15 is 0 Å². The SMILES string of the molecule is COc1ccccc1-n1c(-c2ccccc2)cnc1SCC(=O)c1ccc(NC(C)=O)cc1F. The summed E-state index contributed by atoms with van der Waals surface area (Å²) >= 11 is 1.21. The predicted octanol–water partition coefficient (Wildman–Crippen LogP) is 5.62. The fourth-order valence-electron chi connectivity index (χ4n) is 3.53. The van der Waals surface area contributed by atoms with Crippen molar-refractivity contribution in [1.82, 2.24) is 9.55 Å². The first-order chi connectivity index (χ1) is 16.5. The molecule has 0 unspecified atom stereocenters. The van der Waals surface area contributed by atoms with Crippen LogP contribution in [0.1, 0.15) is 17.3 Å². The van der Waals surface area contributed by atoms with Crippen molar-refractivity contribution in [2.75, 3.05) is 18.2 Å². The number of imidazole rings is 1. The van der Waals surface area contributed by atoms with Gasteiger partial charge in [0.05, 0.1) is 36.0 Å². The number of Topliss-reactive ketones (excluding diaryl/α,β-unsaturated/α-hetero) is 1. The number of hydrogen-bond donors (Lipinski definition) is 1. The van der Waals surface area contributed by atoms with E-state index in [4.69, 9.17) is 4.74 Å². The molecule has 3 aromatic carbocycles. The van der Waals surface area contributed by atoms with E-state index in [-0.39, 0.29) is 23.0 Å². The first-order valence-corrected chi connectivity index (χ1v) is 11.5. The lowest BCUT2D eigenvalue weighted by molar-refractivity contribution is -0.114. The standard InChI is InChI=1S/C26H22FN3O3S/c1-17(31)29-19-12-13-20(21(27)14-19)24(32)16-34-26-28-15-23(18-8-4-3-5-9-18)30(26)22-10-6-7-11-25(22)33-2/h3-15H,16H2,1-2H3,(H,29,31). The van der Waals surface area contributed by atoms with Crippen molar-refractivity contribution in [1.29, 1.82) is 0 Å². The summed E-state index contributed by atoms with van der Waals surface area (Å²) in [4.78, 5) is 28.5. The highest BCUT2D eigenvalue weighted by molar-refractivity contribution is 7.99. The Morgan fingerprint density at radius 1 is 1.06 bits per heavy atom. The van der Waals surface area contributed by atoms with Crippen LogP contribution in [-0.2, 0) is 4.79 Å². The molecule has 0 fully saturated rings. The number of nitrogens with zero attached hydrogens (tertiary/aromatic N) is 2. The Kier molecular flexibility index (Phi) is 7.08. The van der Waals surface area contributed by atoms with Crippen LogP contribution in [0.25, 0.3) is 16.9 Å². The maximum absolute atomic E-state index is 14.5. The van der Waals surface area contributed by atoms with E-state index in [0.29, 0.717) is 16.6 Å². The lowest BCUT2D eigenvalue weighted by Crippen LogP contribution is -2.10. The van der Waals surface area contributed by atoms with Crippen molar-refractivity contribution in [2.45, 2.75) is 12.1 Å². The van der Waals surface area contributed by atoms with Gasteiger partial charge in [-0.25, -0.2) is 9.37 Å². The number of hydrogen-bond acceptors (Lipinski definition) is 5. The second kappa shape index (κ2) is 10.4. The number of nitrogens with one attached hydrogen (secondary N) is 1. The van der Waals surface area contributed by atoms with Gasteiger partial charge in [0.15, 0.2) is 10.9 Å². The largest absolute Gasteiger partial charge is 0.495 e. The maximum Gasteiger partial charge on any atom is 0.221 e. The lowest BCUT2D eigenvalue weighted by atomic mass is 10.1. The number of carbonyl (C=O) groups is 2. The normalized spacial score (nSPS) is 10.7. The number of rotatable bonds is 8. The highest BCUT2D eigenvalue weighted by Gasteiger charge is 2.19. The van der Waals surface area contributed by atoms with Crippen molar-refractivity contribution in [3.8, 4) is 22.7 Å². The summed E-state index contributed by atoms with van der Waals surface area (Å²) in [5, 5.41) is 3.08. The summed E-state index contributed by atoms with van der Waals surface area (Å²) in [5.41, 5.74) is 2.83. The molecule has 172 valence electrons. The van der Waals surface area contributed by atoms with E-state index in [1.807, 2.05) is 59.2 Å². The Morgan fingerprint density at radius 2 is 1.79 bits per heavy atom. The number of aromatic nitrogens is 2. The van der Waals surface area contributed by atoms with Gasteiger partial charge in [-0.1, -0.05) is 54.2 Å². The maximum atomic E-state index is 14.5. The fourth-order valence-corrected chi connectivity index (χ4v) is 4.40. The lowest BCUT2D eigenvalue weighted by Gasteiger charge is -2.15. The minimum absolute atomic E-state index is 0.0171. The molecule has 0 saturated heterocycles. The van der Waals surface area contributed by atoms with Crippen molar-refractivity contribution < 1.29 is 18.7 Å². The number of para-hydroxylation sites is 2. The molecule has 0 radical (unpaired) electrons. The fraction of sp³-hybridized carbons (Fsp3) is 0.115. The molecule has 0 saturated carbocycles. The first kappa shape index (κ1) is 23.3. The van der Waals surface area contributed by atoms with Crippen LogP contribution >= 0.6 is 11.8 Å². The number of carbonyl (C=O) groups excluding carboxylic acids is 2. The molecule has 1 N–H and O–H groups in total. The molecule has 0 aliphatic carbocycles. The highest BCUT2D eigenvalue weighted by Crippen LogP contribution is 2.34. The third kappa shape index (κ3) is 5.02. The highest BCUT2D eigenvalue weighted by atomic mass is 32.2. The Balaban J connectivity index is 1.65. The van der Waals surface area contributed by atoms with Gasteiger partial charge in [0.25, 0.3) is 0 Å². The van der Waals surface area contributed by atoms with E-state index in [0.717, 1.165) is 23.0 Å². The molecule has 0 aliphatic rings. The summed E-state index contributed by atoms with van der Waals surface area (Å²) in [5.74, 6) is -0.740. The number of thioether (sulfide) groups is 1. The predicted molar refractivity (Wildman–Crippen MR) is 131 cm³/mol. The van der Waals surface area contributed by atoms with E-state index < -0.39 is 5.82 Å². The smallest absolute Gasteiger partial charge is 0.221 e. The summed E-state index contributed by atoms with van der Waals surface area (Å²) in [6.07, 6.45) is 1.75. The summed E-state index contributed by atoms with van der Waals surface area (Å²) < 4.78 is 22.0. The van der Waals surface area contributed by atoms with Crippen molar-refractivity contribution in [3.63, 3.8) is 0 Å². The Hall–Kier alpha value is -3.91. The topological polar surface area (TPSA) is 73.2 Å². The minimum atomic E-state index is -0.685. The zero-order chi connectivity index (χ0) is 24.1. The van der Waals surface area contributed by atoms with Crippen LogP contribution in [-0.4, -0.2) is 34.1 Å². The quantitative estimate of drug-likeness (QED) is 0.264. The van der Waals surface area contributed by atoms with Crippen molar-refractivity contribution in [3.05, 3.63) is 90.4 Å². The van der Waals surface area contributed by atoms with Gasteiger partial charge < -0.3 is 10.1 Å². The van der Waals surface area contributed by atoms with E-state index in [1.165, 1.54) is 30.8 Å². The second-order valence-corrected chi connectivity index (χ2v) is 8.33. The number of ketones is 1. The molecule has 0 bridgehead atoms. The van der Waals surface area contributed by atoms with Crippen LogP contribution in [0.4, 0.5) is 10.1 Å². The number of anilines is 1. The van der Waals surface area contributed by atoms with Gasteiger partial charge in [0.1, 0.15) is 11.6 Å². The molecule has 34 heavy (non-hydrogen) atoms. The average molecular weight is 476 g/mol. The van der Waals surface area contributed by atoms with Crippen molar-refractivity contribution >= 4 is 29.1 Å². The van der Waals surface area contributed by atoms with Crippen LogP contribution < -0.4 is 10.1 Å². The van der Waals surface area contributed by atoms with Crippen LogP contribution in [0.3, 0.4) is 0 Å². The number of halogens is 1. The van der Waals surface area contributed by atoms with Gasteiger partial charge in [-0.3, -0.25) is 14.2 Å². The van der Waals surface area contributed by atoms with Crippen molar-refractivity contribution in [2.24, 2.45) is 0 Å². The molecule has 0 spiro atoms. The van der Waals surface area contributed by atoms with Gasteiger partial charge in [-0.2, -0.15) is 0 Å². The molecule has 0 atom stereocenters. The third-order valence-electron chi connectivity index (χ3n) is 5.05. The van der Waals surface area contributed by atoms with Crippen LogP contribution in [0.2, 0.25) is 0 Å². The second-order valence-electron chi connectivity index (χ2n) is 7.39. The van der Waals surface area contributed by atoms with Crippen LogP contribution in [0, 0.1) is 5.82 Å². The Morgan fingerprint density at radius 3 is 2.50 bits per heavy atom. The molecular weight excluding hydrogens is 453 g/mol. The molecule has 1 aromatic heterocycles. The molecule has 4 rings (SSSR count). The summed E-state index contributed by atoms with van der Waals surface area (Å²) in [7, 11) is 1.60. The third-order valence-corrected chi connectivity index (χ3v) is 6.00. The summed E-state index contributed by atoms with van der Waals surface area (Å²) in [6.45, 7) is 1.33. The van der Waals surface area contributed by atoms with E-state index in [1.54, 1.807) is 13.3 Å². The van der Waals surface area contributed by atoms with Gasteiger partial charge >= 0.3 is 0 Å². The number of methoxy groups -OCH3 is 1. The van der Waals surface area contributed by atoms with Gasteiger partial charge in [0.2, 0.25) is 5.91 Å². The van der Waals surface area contributed by atoms with Crippen LogP contribution in [0.5, 0.6) is 5.75 Å². The molecule has 8 heteroatoms. The molecule has 1 amide bonds.